The number of ketones is 1. The Morgan fingerprint density at radius 2 is 1.65 bits per heavy atom. The SMILES string of the molecule is COc1ccc2cc(CNc3ccccc3)c(=O)n(CC(=O)Nc3ccc(C(C)=O)cc3)c2c1. The van der Waals surface area contributed by atoms with E-state index >= 15 is 0 Å². The van der Waals surface area contributed by atoms with Gasteiger partial charge in [-0.2, -0.15) is 0 Å². The highest BCUT2D eigenvalue weighted by Crippen LogP contribution is 2.21. The number of ether oxygens (including phenoxy) is 1. The van der Waals surface area contributed by atoms with Crippen molar-refractivity contribution in [1.82, 2.24) is 4.57 Å². The molecule has 172 valence electrons. The Labute approximate surface area is 197 Å². The first-order valence-corrected chi connectivity index (χ1v) is 10.8. The number of hydrogen-bond acceptors (Lipinski definition) is 5. The van der Waals surface area contributed by atoms with E-state index < -0.39 is 0 Å². The van der Waals surface area contributed by atoms with Crippen LogP contribution < -0.4 is 20.9 Å². The molecule has 0 saturated heterocycles. The van der Waals surface area contributed by atoms with Gasteiger partial charge in [0, 0.05) is 35.1 Å². The van der Waals surface area contributed by atoms with E-state index in [1.807, 2.05) is 48.5 Å². The summed E-state index contributed by atoms with van der Waals surface area (Å²) in [6, 6.07) is 23.5. The Kier molecular flexibility index (Phi) is 6.73. The first-order chi connectivity index (χ1) is 16.4. The van der Waals surface area contributed by atoms with Crippen LogP contribution in [0.4, 0.5) is 11.4 Å². The molecule has 1 heterocycles. The number of para-hydroxylation sites is 1. The van der Waals surface area contributed by atoms with Crippen LogP contribution in [-0.4, -0.2) is 23.4 Å². The van der Waals surface area contributed by atoms with E-state index in [0.717, 1.165) is 11.1 Å². The van der Waals surface area contributed by atoms with Crippen LogP contribution in [0.5, 0.6) is 5.75 Å². The molecule has 0 aliphatic rings. The van der Waals surface area contributed by atoms with Gasteiger partial charge in [-0.1, -0.05) is 18.2 Å². The normalized spacial score (nSPS) is 10.6. The number of nitrogens with zero attached hydrogens (tertiary/aromatic N) is 1. The molecular formula is C27H25N3O4. The molecule has 0 aliphatic carbocycles. The van der Waals surface area contributed by atoms with E-state index in [0.29, 0.717) is 34.6 Å². The van der Waals surface area contributed by atoms with Gasteiger partial charge in [0.25, 0.3) is 5.56 Å². The van der Waals surface area contributed by atoms with Crippen LogP contribution in [0.2, 0.25) is 0 Å². The van der Waals surface area contributed by atoms with Gasteiger partial charge in [-0.05, 0) is 66.9 Å². The number of carbonyl (C=O) groups excluding carboxylic acids is 2. The second kappa shape index (κ2) is 10.0. The maximum Gasteiger partial charge on any atom is 0.256 e. The first-order valence-electron chi connectivity index (χ1n) is 10.8. The van der Waals surface area contributed by atoms with Crippen molar-refractivity contribution in [3.63, 3.8) is 0 Å². The molecule has 0 saturated carbocycles. The number of aromatic nitrogens is 1. The van der Waals surface area contributed by atoms with Gasteiger partial charge in [0.2, 0.25) is 5.91 Å². The minimum atomic E-state index is -0.352. The Hall–Kier alpha value is -4.39. The van der Waals surface area contributed by atoms with Crippen LogP contribution >= 0.6 is 0 Å². The van der Waals surface area contributed by atoms with Crippen molar-refractivity contribution in [2.45, 2.75) is 20.0 Å². The van der Waals surface area contributed by atoms with E-state index in [-0.39, 0.29) is 23.8 Å². The third kappa shape index (κ3) is 5.15. The van der Waals surface area contributed by atoms with Crippen LogP contribution in [0.1, 0.15) is 22.8 Å². The summed E-state index contributed by atoms with van der Waals surface area (Å²) in [5.41, 5.74) is 2.90. The van der Waals surface area contributed by atoms with Gasteiger partial charge in [-0.3, -0.25) is 19.0 Å². The van der Waals surface area contributed by atoms with Gasteiger partial charge in [-0.25, -0.2) is 0 Å². The molecule has 4 rings (SSSR count). The molecule has 0 spiro atoms. The fraction of sp³-hybridized carbons (Fsp3) is 0.148. The van der Waals surface area contributed by atoms with E-state index in [2.05, 4.69) is 10.6 Å². The Morgan fingerprint density at radius 3 is 2.32 bits per heavy atom. The standard InChI is InChI=1S/C27H25N3O4/c1-18(31)19-8-11-23(12-9-19)29-26(32)17-30-25-15-24(34-2)13-10-20(25)14-21(27(30)33)16-28-22-6-4-3-5-7-22/h3-15,28H,16-17H2,1-2H3,(H,29,32). The number of carbonyl (C=O) groups is 2. The maximum absolute atomic E-state index is 13.4. The molecule has 7 nitrogen and oxygen atoms in total. The Bertz CT molecular complexity index is 1390. The van der Waals surface area contributed by atoms with Crippen molar-refractivity contribution in [2.75, 3.05) is 17.7 Å². The number of Topliss-reactive ketones (excluding diaryl/α,β-unsaturated/α-hetero) is 1. The number of fused-ring (bicyclic) bond motifs is 1. The van der Waals surface area contributed by atoms with E-state index in [1.165, 1.54) is 11.5 Å². The lowest BCUT2D eigenvalue weighted by Crippen LogP contribution is -2.30. The smallest absolute Gasteiger partial charge is 0.256 e. The second-order valence-corrected chi connectivity index (χ2v) is 7.89. The molecule has 0 fully saturated rings. The molecule has 1 aromatic heterocycles. The van der Waals surface area contributed by atoms with Crippen molar-refractivity contribution < 1.29 is 14.3 Å². The lowest BCUT2D eigenvalue weighted by atomic mass is 10.1. The van der Waals surface area contributed by atoms with Crippen molar-refractivity contribution in [3.8, 4) is 5.75 Å². The van der Waals surface area contributed by atoms with Crippen molar-refractivity contribution in [1.29, 1.82) is 0 Å². The minimum absolute atomic E-state index is 0.0502. The van der Waals surface area contributed by atoms with Crippen LogP contribution in [0.15, 0.2) is 83.7 Å². The number of benzene rings is 3. The number of nitrogens with one attached hydrogen (secondary N) is 2. The summed E-state index contributed by atoms with van der Waals surface area (Å²) in [5, 5.41) is 6.88. The fourth-order valence-electron chi connectivity index (χ4n) is 3.71. The zero-order valence-corrected chi connectivity index (χ0v) is 19.0. The number of anilines is 2. The van der Waals surface area contributed by atoms with Crippen LogP contribution in [0, 0.1) is 0 Å². The molecule has 4 aromatic rings. The van der Waals surface area contributed by atoms with Gasteiger partial charge >= 0.3 is 0 Å². The van der Waals surface area contributed by atoms with Crippen molar-refractivity contribution in [3.05, 3.63) is 100 Å². The monoisotopic (exact) mass is 455 g/mol. The highest BCUT2D eigenvalue weighted by molar-refractivity contribution is 5.96. The number of pyridine rings is 1. The highest BCUT2D eigenvalue weighted by Gasteiger charge is 2.14. The summed E-state index contributed by atoms with van der Waals surface area (Å²) in [6.45, 7) is 1.63. The topological polar surface area (TPSA) is 89.4 Å². The quantitative estimate of drug-likeness (QED) is 0.383. The Balaban J connectivity index is 1.64. The zero-order chi connectivity index (χ0) is 24.1. The minimum Gasteiger partial charge on any atom is -0.497 e. The summed E-state index contributed by atoms with van der Waals surface area (Å²) < 4.78 is 6.79. The van der Waals surface area contributed by atoms with Crippen molar-refractivity contribution in [2.24, 2.45) is 0 Å². The fourth-order valence-corrected chi connectivity index (χ4v) is 3.71. The molecule has 0 atom stereocenters. The van der Waals surface area contributed by atoms with Gasteiger partial charge in [-0.15, -0.1) is 0 Å². The number of hydrogen-bond donors (Lipinski definition) is 2. The largest absolute Gasteiger partial charge is 0.497 e. The average molecular weight is 456 g/mol. The van der Waals surface area contributed by atoms with Gasteiger partial charge in [0.05, 0.1) is 12.6 Å². The molecule has 0 bridgehead atoms. The molecule has 34 heavy (non-hydrogen) atoms. The molecule has 1 amide bonds. The third-order valence-electron chi connectivity index (χ3n) is 5.51. The molecule has 7 heteroatoms. The molecule has 3 aromatic carbocycles. The molecule has 2 N–H and O–H groups in total. The average Bonchev–Trinajstić information content (AvgIpc) is 2.85. The van der Waals surface area contributed by atoms with Crippen LogP contribution in [0.25, 0.3) is 10.9 Å². The zero-order valence-electron chi connectivity index (χ0n) is 19.0. The third-order valence-corrected chi connectivity index (χ3v) is 5.51. The predicted molar refractivity (Wildman–Crippen MR) is 134 cm³/mol. The van der Waals surface area contributed by atoms with Gasteiger partial charge in [0.1, 0.15) is 12.3 Å². The van der Waals surface area contributed by atoms with E-state index in [1.54, 1.807) is 37.4 Å². The van der Waals surface area contributed by atoms with E-state index in [9.17, 15) is 14.4 Å². The highest BCUT2D eigenvalue weighted by atomic mass is 16.5. The number of methoxy groups -OCH3 is 1. The molecule has 0 aliphatic heterocycles. The molecule has 0 radical (unpaired) electrons. The summed E-state index contributed by atoms with van der Waals surface area (Å²) >= 11 is 0. The van der Waals surface area contributed by atoms with Crippen LogP contribution in [-0.2, 0) is 17.9 Å². The maximum atomic E-state index is 13.4. The summed E-state index contributed by atoms with van der Waals surface area (Å²) in [4.78, 5) is 37.7. The first kappa shape index (κ1) is 22.8. The van der Waals surface area contributed by atoms with Gasteiger partial charge < -0.3 is 15.4 Å². The van der Waals surface area contributed by atoms with Crippen molar-refractivity contribution >= 4 is 34.0 Å². The van der Waals surface area contributed by atoms with E-state index in [4.69, 9.17) is 4.74 Å². The summed E-state index contributed by atoms with van der Waals surface area (Å²) in [6.07, 6.45) is 0. The summed E-state index contributed by atoms with van der Waals surface area (Å²) in [7, 11) is 1.55. The van der Waals surface area contributed by atoms with Gasteiger partial charge in [0.15, 0.2) is 5.78 Å². The lowest BCUT2D eigenvalue weighted by molar-refractivity contribution is -0.116. The Morgan fingerprint density at radius 1 is 0.912 bits per heavy atom. The predicted octanol–water partition coefficient (Wildman–Crippen LogP) is 4.46. The summed E-state index contributed by atoms with van der Waals surface area (Å²) in [5.74, 6) is 0.191. The molecule has 0 unspecified atom stereocenters. The van der Waals surface area contributed by atoms with Crippen LogP contribution in [0.3, 0.4) is 0 Å². The lowest BCUT2D eigenvalue weighted by Gasteiger charge is -2.15. The molecular weight excluding hydrogens is 430 g/mol. The second-order valence-electron chi connectivity index (χ2n) is 7.89. The number of amides is 1. The number of rotatable bonds is 8.